The highest BCUT2D eigenvalue weighted by Gasteiger charge is 2.27. The smallest absolute Gasteiger partial charge is 0.417 e. The molecule has 3 rings (SSSR count). The molecule has 0 aromatic heterocycles. The van der Waals surface area contributed by atoms with E-state index in [4.69, 9.17) is 9.47 Å². The lowest BCUT2D eigenvalue weighted by atomic mass is 10.2. The van der Waals surface area contributed by atoms with E-state index in [2.05, 4.69) is 10.6 Å². The molecule has 2 aromatic carbocycles. The van der Waals surface area contributed by atoms with Crippen molar-refractivity contribution < 1.29 is 23.5 Å². The van der Waals surface area contributed by atoms with Gasteiger partial charge in [0.1, 0.15) is 11.5 Å². The third-order valence-electron chi connectivity index (χ3n) is 3.22. The molecule has 1 heterocycles. The molecule has 0 saturated heterocycles. The molecule has 0 saturated carbocycles. The van der Waals surface area contributed by atoms with Gasteiger partial charge in [-0.1, -0.05) is 18.2 Å². The van der Waals surface area contributed by atoms with Crippen LogP contribution in [0.2, 0.25) is 0 Å². The summed E-state index contributed by atoms with van der Waals surface area (Å²) in [7, 11) is 0. The second-order valence-corrected chi connectivity index (χ2v) is 4.91. The van der Waals surface area contributed by atoms with E-state index in [1.54, 1.807) is 12.1 Å². The fourth-order valence-corrected chi connectivity index (χ4v) is 2.08. The van der Waals surface area contributed by atoms with E-state index in [-0.39, 0.29) is 11.4 Å². The van der Waals surface area contributed by atoms with E-state index < -0.39 is 18.4 Å². The number of nitrogens with one attached hydrogen (secondary N) is 2. The molecule has 1 unspecified atom stereocenters. The van der Waals surface area contributed by atoms with Crippen LogP contribution in [0.25, 0.3) is 0 Å². The first kappa shape index (κ1) is 14.8. The number of amides is 2. The zero-order chi connectivity index (χ0) is 16.4. The Bertz CT molecular complexity index is 778. The Hall–Kier alpha value is -3.09. The molecule has 0 fully saturated rings. The molecule has 2 aromatic rings. The number of carbonyl (C=O) groups is 2. The summed E-state index contributed by atoms with van der Waals surface area (Å²) in [6.07, 6.45) is -2.71. The number of fused-ring (bicyclic) bond motifs is 1. The van der Waals surface area contributed by atoms with Gasteiger partial charge in [-0.15, -0.1) is 0 Å². The highest BCUT2D eigenvalue weighted by molar-refractivity contribution is 5.98. The van der Waals surface area contributed by atoms with Crippen LogP contribution < -0.4 is 20.1 Å². The van der Waals surface area contributed by atoms with E-state index in [9.17, 15) is 14.0 Å². The Kier molecular flexibility index (Phi) is 3.84. The number of benzene rings is 2. The van der Waals surface area contributed by atoms with Gasteiger partial charge in [0, 0.05) is 5.69 Å². The average Bonchev–Trinajstić information content (AvgIpc) is 2.51. The first-order valence-corrected chi connectivity index (χ1v) is 6.83. The maximum Gasteiger partial charge on any atom is 0.417 e. The third-order valence-corrected chi connectivity index (χ3v) is 3.22. The van der Waals surface area contributed by atoms with Gasteiger partial charge in [-0.2, -0.15) is 4.39 Å². The normalized spacial score (nSPS) is 15.9. The van der Waals surface area contributed by atoms with E-state index >= 15 is 0 Å². The molecule has 6 nitrogen and oxygen atoms in total. The third kappa shape index (κ3) is 3.23. The number of halogens is 1. The number of hydrogen-bond donors (Lipinski definition) is 2. The summed E-state index contributed by atoms with van der Waals surface area (Å²) in [6, 6.07) is 11.5. The SMILES string of the molecule is Cc1ccccc1OC(=O)Nc1ccc2c(c1)NC(=O)C(F)O2. The molecule has 7 heteroatoms. The number of ether oxygens (including phenoxy) is 2. The van der Waals surface area contributed by atoms with Gasteiger partial charge < -0.3 is 14.8 Å². The number of alkyl halides is 1. The van der Waals surface area contributed by atoms with Crippen molar-refractivity contribution in [2.75, 3.05) is 10.6 Å². The zero-order valence-electron chi connectivity index (χ0n) is 12.1. The molecule has 0 aliphatic carbocycles. The number of anilines is 2. The summed E-state index contributed by atoms with van der Waals surface area (Å²) >= 11 is 0. The average molecular weight is 316 g/mol. The van der Waals surface area contributed by atoms with Crippen LogP contribution in [-0.4, -0.2) is 18.4 Å². The highest BCUT2D eigenvalue weighted by Crippen LogP contribution is 2.32. The van der Waals surface area contributed by atoms with Gasteiger partial charge >= 0.3 is 12.5 Å². The Morgan fingerprint density at radius 2 is 2.09 bits per heavy atom. The molecule has 1 aliphatic heterocycles. The maximum absolute atomic E-state index is 13.1. The minimum absolute atomic E-state index is 0.190. The fraction of sp³-hybridized carbons (Fsp3) is 0.125. The molecule has 2 N–H and O–H groups in total. The van der Waals surface area contributed by atoms with Crippen LogP contribution in [0.4, 0.5) is 20.6 Å². The molecule has 0 radical (unpaired) electrons. The zero-order valence-corrected chi connectivity index (χ0v) is 12.1. The van der Waals surface area contributed by atoms with Crippen molar-refractivity contribution in [3.8, 4) is 11.5 Å². The molecule has 1 atom stereocenters. The molecule has 118 valence electrons. The van der Waals surface area contributed by atoms with Crippen LogP contribution in [-0.2, 0) is 4.79 Å². The first-order valence-electron chi connectivity index (χ1n) is 6.83. The molecular weight excluding hydrogens is 303 g/mol. The van der Waals surface area contributed by atoms with Gasteiger partial charge in [-0.3, -0.25) is 10.1 Å². The topological polar surface area (TPSA) is 76.7 Å². The van der Waals surface area contributed by atoms with E-state index in [1.165, 1.54) is 18.2 Å². The second-order valence-electron chi connectivity index (χ2n) is 4.91. The lowest BCUT2D eigenvalue weighted by molar-refractivity contribution is -0.130. The summed E-state index contributed by atoms with van der Waals surface area (Å²) in [5.74, 6) is -0.257. The van der Waals surface area contributed by atoms with E-state index in [1.807, 2.05) is 19.1 Å². The van der Waals surface area contributed by atoms with Gasteiger partial charge in [0.15, 0.2) is 0 Å². The van der Waals surface area contributed by atoms with Crippen LogP contribution in [0.15, 0.2) is 42.5 Å². The Morgan fingerprint density at radius 1 is 1.30 bits per heavy atom. The number of aryl methyl sites for hydroxylation is 1. The highest BCUT2D eigenvalue weighted by atomic mass is 19.1. The quantitative estimate of drug-likeness (QED) is 0.892. The van der Waals surface area contributed by atoms with Crippen molar-refractivity contribution in [2.24, 2.45) is 0 Å². The largest absolute Gasteiger partial charge is 0.450 e. The van der Waals surface area contributed by atoms with Crippen molar-refractivity contribution in [3.63, 3.8) is 0 Å². The minimum Gasteiger partial charge on any atom is -0.450 e. The van der Waals surface area contributed by atoms with Crippen molar-refractivity contribution in [1.82, 2.24) is 0 Å². The van der Waals surface area contributed by atoms with Crippen LogP contribution in [0, 0.1) is 6.92 Å². The molecule has 23 heavy (non-hydrogen) atoms. The molecule has 2 amide bonds. The minimum atomic E-state index is -2.03. The van der Waals surface area contributed by atoms with Crippen molar-refractivity contribution in [3.05, 3.63) is 48.0 Å². The van der Waals surface area contributed by atoms with Crippen LogP contribution in [0.3, 0.4) is 0 Å². The van der Waals surface area contributed by atoms with Crippen LogP contribution in [0.5, 0.6) is 11.5 Å². The van der Waals surface area contributed by atoms with Crippen molar-refractivity contribution >= 4 is 23.4 Å². The monoisotopic (exact) mass is 316 g/mol. The predicted molar refractivity (Wildman–Crippen MR) is 81.4 cm³/mol. The number of para-hydroxylation sites is 1. The fourth-order valence-electron chi connectivity index (χ4n) is 2.08. The standard InChI is InChI=1S/C16H13FN2O4/c1-9-4-2-3-5-12(9)23-16(21)18-10-6-7-13-11(8-10)19-15(20)14(17)22-13/h2-8,14H,1H3,(H,18,21)(H,19,20). The number of rotatable bonds is 2. The second kappa shape index (κ2) is 5.96. The summed E-state index contributed by atoms with van der Waals surface area (Å²) in [6.45, 7) is 1.82. The van der Waals surface area contributed by atoms with Gasteiger partial charge in [0.05, 0.1) is 5.69 Å². The van der Waals surface area contributed by atoms with E-state index in [0.717, 1.165) is 5.56 Å². The number of carbonyl (C=O) groups excluding carboxylic acids is 2. The summed E-state index contributed by atoms with van der Waals surface area (Å²) in [5, 5.41) is 4.88. The predicted octanol–water partition coefficient (Wildman–Crippen LogP) is 3.23. The van der Waals surface area contributed by atoms with Gasteiger partial charge in [-0.25, -0.2) is 4.79 Å². The molecule has 0 spiro atoms. The number of hydrogen-bond acceptors (Lipinski definition) is 4. The van der Waals surface area contributed by atoms with Gasteiger partial charge in [0.2, 0.25) is 0 Å². The lowest BCUT2D eigenvalue weighted by Gasteiger charge is -2.21. The Balaban J connectivity index is 1.71. The molecule has 1 aliphatic rings. The summed E-state index contributed by atoms with van der Waals surface area (Å²) < 4.78 is 23.1. The van der Waals surface area contributed by atoms with Gasteiger partial charge in [-0.05, 0) is 36.8 Å². The van der Waals surface area contributed by atoms with Crippen LogP contribution >= 0.6 is 0 Å². The maximum atomic E-state index is 13.1. The van der Waals surface area contributed by atoms with E-state index in [0.29, 0.717) is 11.4 Å². The summed E-state index contributed by atoms with van der Waals surface area (Å²) in [4.78, 5) is 23.2. The van der Waals surface area contributed by atoms with Crippen molar-refractivity contribution in [2.45, 2.75) is 13.3 Å². The molecular formula is C16H13FN2O4. The lowest BCUT2D eigenvalue weighted by Crippen LogP contribution is -2.33. The summed E-state index contributed by atoms with van der Waals surface area (Å²) in [5.41, 5.74) is 1.48. The first-order chi connectivity index (χ1) is 11.0. The Morgan fingerprint density at radius 3 is 2.87 bits per heavy atom. The van der Waals surface area contributed by atoms with Crippen molar-refractivity contribution in [1.29, 1.82) is 0 Å². The van der Waals surface area contributed by atoms with Gasteiger partial charge in [0.25, 0.3) is 5.91 Å². The Labute approximate surface area is 131 Å². The van der Waals surface area contributed by atoms with Crippen LogP contribution in [0.1, 0.15) is 5.56 Å². The molecule has 0 bridgehead atoms.